The fourth-order valence-electron chi connectivity index (χ4n) is 1.81. The van der Waals surface area contributed by atoms with E-state index >= 15 is 0 Å². The molecule has 1 rings (SSSR count). The molecule has 5 heteroatoms. The third-order valence-electron chi connectivity index (χ3n) is 3.13. The molecule has 0 aliphatic carbocycles. The first-order valence-electron chi connectivity index (χ1n) is 6.69. The van der Waals surface area contributed by atoms with E-state index in [1.165, 1.54) is 5.56 Å². The number of guanidine groups is 1. The van der Waals surface area contributed by atoms with E-state index in [1.54, 1.807) is 14.2 Å². The van der Waals surface area contributed by atoms with Crippen LogP contribution in [0, 0.1) is 0 Å². The highest BCUT2D eigenvalue weighted by atomic mass is 79.9. The summed E-state index contributed by atoms with van der Waals surface area (Å²) in [5, 5.41) is 6.56. The fourth-order valence-corrected chi connectivity index (χ4v) is 2.21. The highest BCUT2D eigenvalue weighted by Crippen LogP contribution is 2.24. The molecule has 0 atom stereocenters. The summed E-state index contributed by atoms with van der Waals surface area (Å²) >= 11 is 3.52. The first-order chi connectivity index (χ1) is 9.49. The molecule has 0 fully saturated rings. The van der Waals surface area contributed by atoms with Gasteiger partial charge in [0.15, 0.2) is 5.96 Å². The number of nitrogens with zero attached hydrogens (tertiary/aromatic N) is 1. The van der Waals surface area contributed by atoms with Crippen LogP contribution in [0.5, 0.6) is 0 Å². The summed E-state index contributed by atoms with van der Waals surface area (Å²) in [5.74, 6) is 0.796. The summed E-state index contributed by atoms with van der Waals surface area (Å²) < 4.78 is 6.12. The van der Waals surface area contributed by atoms with Gasteiger partial charge < -0.3 is 15.4 Å². The number of rotatable bonds is 6. The topological polar surface area (TPSA) is 45.7 Å². The minimum atomic E-state index is 0.0165. The molecule has 2 N–H and O–H groups in total. The van der Waals surface area contributed by atoms with Gasteiger partial charge in [-0.1, -0.05) is 41.9 Å². The molecule has 0 spiro atoms. The maximum atomic E-state index is 5.01. The molecule has 1 aromatic rings. The van der Waals surface area contributed by atoms with Gasteiger partial charge in [-0.15, -0.1) is 0 Å². The Morgan fingerprint density at radius 3 is 2.70 bits per heavy atom. The van der Waals surface area contributed by atoms with Crippen molar-refractivity contribution in [2.24, 2.45) is 4.99 Å². The van der Waals surface area contributed by atoms with E-state index in [4.69, 9.17) is 4.74 Å². The molecule has 0 aliphatic rings. The number of ether oxygens (including phenoxy) is 1. The van der Waals surface area contributed by atoms with Gasteiger partial charge in [0.05, 0.1) is 6.61 Å². The second-order valence-corrected chi connectivity index (χ2v) is 6.16. The van der Waals surface area contributed by atoms with Gasteiger partial charge in [0, 0.05) is 37.1 Å². The van der Waals surface area contributed by atoms with Crippen LogP contribution in [-0.4, -0.2) is 39.8 Å². The number of nitrogens with one attached hydrogen (secondary N) is 2. The lowest BCUT2D eigenvalue weighted by Crippen LogP contribution is -2.44. The quantitative estimate of drug-likeness (QED) is 0.474. The van der Waals surface area contributed by atoms with E-state index in [2.05, 4.69) is 63.6 Å². The molecule has 1 aromatic carbocycles. The Labute approximate surface area is 130 Å². The zero-order valence-corrected chi connectivity index (χ0v) is 14.3. The molecule has 0 heterocycles. The lowest BCUT2D eigenvalue weighted by atomic mass is 9.85. The SMILES string of the molecule is CN=C(NCCOC)NCC(C)(C)c1cccc(Br)c1. The zero-order chi connectivity index (χ0) is 15.0. The van der Waals surface area contributed by atoms with E-state index in [0.29, 0.717) is 6.61 Å². The van der Waals surface area contributed by atoms with Crippen LogP contribution in [0.15, 0.2) is 33.7 Å². The number of benzene rings is 1. The van der Waals surface area contributed by atoms with Crippen LogP contribution in [0.3, 0.4) is 0 Å². The Balaban J connectivity index is 2.58. The van der Waals surface area contributed by atoms with Crippen molar-refractivity contribution < 1.29 is 4.74 Å². The lowest BCUT2D eigenvalue weighted by Gasteiger charge is -2.27. The van der Waals surface area contributed by atoms with Crippen molar-refractivity contribution in [2.75, 3.05) is 33.9 Å². The second-order valence-electron chi connectivity index (χ2n) is 5.24. The maximum absolute atomic E-state index is 5.01. The van der Waals surface area contributed by atoms with Crippen LogP contribution >= 0.6 is 15.9 Å². The molecule has 0 amide bonds. The standard InChI is InChI=1S/C15H24BrN3O/c1-15(2,12-6-5-7-13(16)10-12)11-19-14(17-3)18-8-9-20-4/h5-7,10H,8-9,11H2,1-4H3,(H2,17,18,19). The minimum Gasteiger partial charge on any atom is -0.383 e. The Morgan fingerprint density at radius 2 is 2.10 bits per heavy atom. The molecular formula is C15H24BrN3O. The van der Waals surface area contributed by atoms with E-state index < -0.39 is 0 Å². The van der Waals surface area contributed by atoms with Crippen molar-refractivity contribution in [3.05, 3.63) is 34.3 Å². The van der Waals surface area contributed by atoms with Crippen LogP contribution in [0.25, 0.3) is 0 Å². The van der Waals surface area contributed by atoms with Gasteiger partial charge in [-0.2, -0.15) is 0 Å². The Bertz CT molecular complexity index is 446. The predicted molar refractivity (Wildman–Crippen MR) is 88.4 cm³/mol. The van der Waals surface area contributed by atoms with Crippen LogP contribution in [0.2, 0.25) is 0 Å². The third-order valence-corrected chi connectivity index (χ3v) is 3.62. The van der Waals surface area contributed by atoms with Crippen molar-refractivity contribution in [1.82, 2.24) is 10.6 Å². The van der Waals surface area contributed by atoms with Gasteiger partial charge in [-0.3, -0.25) is 4.99 Å². The van der Waals surface area contributed by atoms with Crippen LogP contribution in [0.4, 0.5) is 0 Å². The van der Waals surface area contributed by atoms with Gasteiger partial charge in [0.25, 0.3) is 0 Å². The molecule has 0 saturated carbocycles. The molecule has 4 nitrogen and oxygen atoms in total. The van der Waals surface area contributed by atoms with Crippen molar-refractivity contribution in [3.63, 3.8) is 0 Å². The first kappa shape index (κ1) is 17.0. The summed E-state index contributed by atoms with van der Waals surface area (Å²) in [5.41, 5.74) is 1.30. The molecule has 20 heavy (non-hydrogen) atoms. The number of aliphatic imine (C=N–C) groups is 1. The molecule has 0 unspecified atom stereocenters. The largest absolute Gasteiger partial charge is 0.383 e. The van der Waals surface area contributed by atoms with Gasteiger partial charge in [0.2, 0.25) is 0 Å². The molecule has 0 aromatic heterocycles. The van der Waals surface area contributed by atoms with E-state index in [9.17, 15) is 0 Å². The van der Waals surface area contributed by atoms with E-state index in [1.807, 2.05) is 6.07 Å². The number of hydrogen-bond acceptors (Lipinski definition) is 2. The molecule has 0 radical (unpaired) electrons. The average molecular weight is 342 g/mol. The number of methoxy groups -OCH3 is 1. The number of halogens is 1. The normalized spacial score (nSPS) is 12.3. The predicted octanol–water partition coefficient (Wildman–Crippen LogP) is 2.54. The first-order valence-corrected chi connectivity index (χ1v) is 7.48. The molecular weight excluding hydrogens is 318 g/mol. The highest BCUT2D eigenvalue weighted by molar-refractivity contribution is 9.10. The summed E-state index contributed by atoms with van der Waals surface area (Å²) in [6.45, 7) is 6.63. The van der Waals surface area contributed by atoms with Crippen molar-refractivity contribution in [2.45, 2.75) is 19.3 Å². The van der Waals surface area contributed by atoms with Crippen LogP contribution < -0.4 is 10.6 Å². The number of hydrogen-bond donors (Lipinski definition) is 2. The zero-order valence-electron chi connectivity index (χ0n) is 12.7. The summed E-state index contributed by atoms with van der Waals surface area (Å²) in [7, 11) is 3.46. The fraction of sp³-hybridized carbons (Fsp3) is 0.533. The molecule has 112 valence electrons. The summed E-state index contributed by atoms with van der Waals surface area (Å²) in [6.07, 6.45) is 0. The lowest BCUT2D eigenvalue weighted by molar-refractivity contribution is 0.203. The summed E-state index contributed by atoms with van der Waals surface area (Å²) in [6, 6.07) is 8.40. The molecule has 0 saturated heterocycles. The Kier molecular flexibility index (Phi) is 7.02. The van der Waals surface area contributed by atoms with E-state index in [-0.39, 0.29) is 5.41 Å². The Hall–Kier alpha value is -1.07. The molecule has 0 aliphatic heterocycles. The minimum absolute atomic E-state index is 0.0165. The van der Waals surface area contributed by atoms with Crippen molar-refractivity contribution in [1.29, 1.82) is 0 Å². The smallest absolute Gasteiger partial charge is 0.191 e. The Morgan fingerprint density at radius 1 is 1.35 bits per heavy atom. The van der Waals surface area contributed by atoms with Gasteiger partial charge in [0.1, 0.15) is 0 Å². The molecule has 0 bridgehead atoms. The second kappa shape index (κ2) is 8.27. The monoisotopic (exact) mass is 341 g/mol. The van der Waals surface area contributed by atoms with Crippen molar-refractivity contribution in [3.8, 4) is 0 Å². The third kappa shape index (κ3) is 5.51. The van der Waals surface area contributed by atoms with Gasteiger partial charge >= 0.3 is 0 Å². The maximum Gasteiger partial charge on any atom is 0.191 e. The van der Waals surface area contributed by atoms with Gasteiger partial charge in [-0.05, 0) is 17.7 Å². The highest BCUT2D eigenvalue weighted by Gasteiger charge is 2.21. The van der Waals surface area contributed by atoms with Crippen molar-refractivity contribution >= 4 is 21.9 Å². The van der Waals surface area contributed by atoms with Gasteiger partial charge in [-0.25, -0.2) is 0 Å². The summed E-state index contributed by atoms with van der Waals surface area (Å²) in [4.78, 5) is 4.20. The average Bonchev–Trinajstić information content (AvgIpc) is 2.42. The van der Waals surface area contributed by atoms with Crippen LogP contribution in [-0.2, 0) is 10.2 Å². The van der Waals surface area contributed by atoms with E-state index in [0.717, 1.165) is 23.5 Å². The van der Waals surface area contributed by atoms with Crippen LogP contribution in [0.1, 0.15) is 19.4 Å².